The minimum Gasteiger partial charge on any atom is -0.465 e. The van der Waals surface area contributed by atoms with Gasteiger partial charge in [-0.2, -0.15) is 0 Å². The van der Waals surface area contributed by atoms with Crippen LogP contribution in [0.3, 0.4) is 0 Å². The van der Waals surface area contributed by atoms with E-state index in [1.165, 1.54) is 32.1 Å². The van der Waals surface area contributed by atoms with Crippen LogP contribution in [0.25, 0.3) is 0 Å². The molecule has 0 bridgehead atoms. The lowest BCUT2D eigenvalue weighted by molar-refractivity contribution is -0.165. The second kappa shape index (κ2) is 15.8. The molecule has 1 saturated heterocycles. The van der Waals surface area contributed by atoms with Crippen LogP contribution in [-0.4, -0.2) is 49.4 Å². The van der Waals surface area contributed by atoms with Gasteiger partial charge in [0.1, 0.15) is 5.92 Å². The number of unbranched alkanes of at least 4 members (excludes halogenated alkanes) is 10. The SMILES string of the molecule is CCCCCCCCC[C@@H]1N=C(N)NC2(CCCO2)[C@@H]1C(=O)OCCCCCCCN=C(N)N. The molecule has 0 aromatic carbocycles. The van der Waals surface area contributed by atoms with Crippen LogP contribution in [0.4, 0.5) is 0 Å². The average Bonchev–Trinajstić information content (AvgIpc) is 3.24. The van der Waals surface area contributed by atoms with Crippen molar-refractivity contribution in [2.24, 2.45) is 33.1 Å². The van der Waals surface area contributed by atoms with E-state index in [1.807, 2.05) is 0 Å². The summed E-state index contributed by atoms with van der Waals surface area (Å²) < 4.78 is 11.8. The average molecular weight is 481 g/mol. The van der Waals surface area contributed by atoms with Crippen LogP contribution >= 0.6 is 0 Å². The molecule has 2 rings (SSSR count). The first kappa shape index (κ1) is 28.2. The first-order valence-electron chi connectivity index (χ1n) is 13.5. The summed E-state index contributed by atoms with van der Waals surface area (Å²) in [6.45, 7) is 3.94. The molecule has 9 heteroatoms. The summed E-state index contributed by atoms with van der Waals surface area (Å²) in [5, 5.41) is 3.19. The Hall–Kier alpha value is -2.03. The maximum Gasteiger partial charge on any atom is 0.316 e. The molecule has 0 aromatic heterocycles. The van der Waals surface area contributed by atoms with Gasteiger partial charge in [-0.15, -0.1) is 0 Å². The second-order valence-corrected chi connectivity index (χ2v) is 9.68. The van der Waals surface area contributed by atoms with Crippen molar-refractivity contribution in [1.29, 1.82) is 0 Å². The highest BCUT2D eigenvalue weighted by Gasteiger charge is 2.53. The number of carbonyl (C=O) groups excluding carboxylic acids is 1. The Bertz CT molecular complexity index is 645. The Morgan fingerprint density at radius 1 is 1.09 bits per heavy atom. The molecule has 0 radical (unpaired) electrons. The van der Waals surface area contributed by atoms with E-state index in [0.717, 1.165) is 64.2 Å². The van der Waals surface area contributed by atoms with Crippen LogP contribution in [0.2, 0.25) is 0 Å². The molecule has 2 heterocycles. The zero-order chi connectivity index (χ0) is 24.7. The van der Waals surface area contributed by atoms with Gasteiger partial charge in [-0.1, -0.05) is 71.1 Å². The molecule has 2 aliphatic rings. The van der Waals surface area contributed by atoms with E-state index in [9.17, 15) is 4.79 Å². The highest BCUT2D eigenvalue weighted by Crippen LogP contribution is 2.38. The second-order valence-electron chi connectivity index (χ2n) is 9.68. The van der Waals surface area contributed by atoms with Crippen molar-refractivity contribution in [3.63, 3.8) is 0 Å². The molecule has 2 aliphatic heterocycles. The predicted molar refractivity (Wildman–Crippen MR) is 137 cm³/mol. The zero-order valence-electron chi connectivity index (χ0n) is 21.2. The van der Waals surface area contributed by atoms with Gasteiger partial charge >= 0.3 is 5.97 Å². The third kappa shape index (κ3) is 9.68. The Balaban J connectivity index is 1.80. The van der Waals surface area contributed by atoms with Crippen LogP contribution < -0.4 is 22.5 Å². The van der Waals surface area contributed by atoms with Crippen LogP contribution in [0.5, 0.6) is 0 Å². The number of carbonyl (C=O) groups is 1. The molecule has 196 valence electrons. The number of guanidine groups is 2. The maximum atomic E-state index is 13.2. The number of nitrogens with zero attached hydrogens (tertiary/aromatic N) is 2. The maximum absolute atomic E-state index is 13.2. The normalized spacial score (nSPS) is 24.0. The number of aliphatic imine (C=N–C) groups is 2. The lowest BCUT2D eigenvalue weighted by atomic mass is 9.82. The van der Waals surface area contributed by atoms with Gasteiger partial charge in [0.2, 0.25) is 0 Å². The van der Waals surface area contributed by atoms with E-state index in [4.69, 9.17) is 26.7 Å². The number of hydrogen-bond donors (Lipinski definition) is 4. The molecule has 9 nitrogen and oxygen atoms in total. The summed E-state index contributed by atoms with van der Waals surface area (Å²) in [7, 11) is 0. The Labute approximate surface area is 205 Å². The van der Waals surface area contributed by atoms with Gasteiger partial charge < -0.3 is 32.0 Å². The number of nitrogens with one attached hydrogen (secondary N) is 1. The summed E-state index contributed by atoms with van der Waals surface area (Å²) in [6, 6.07) is -0.196. The van der Waals surface area contributed by atoms with Crippen molar-refractivity contribution in [3.8, 4) is 0 Å². The van der Waals surface area contributed by atoms with E-state index < -0.39 is 11.6 Å². The van der Waals surface area contributed by atoms with Crippen LogP contribution in [-0.2, 0) is 14.3 Å². The van der Waals surface area contributed by atoms with Crippen molar-refractivity contribution in [2.45, 2.75) is 115 Å². The molecular weight excluding hydrogens is 432 g/mol. The molecule has 0 amide bonds. The monoisotopic (exact) mass is 480 g/mol. The molecular formula is C25H48N6O3. The molecule has 0 aromatic rings. The Morgan fingerprint density at radius 2 is 1.76 bits per heavy atom. The van der Waals surface area contributed by atoms with Gasteiger partial charge in [-0.25, -0.2) is 4.99 Å². The third-order valence-corrected chi connectivity index (χ3v) is 6.78. The third-order valence-electron chi connectivity index (χ3n) is 6.78. The van der Waals surface area contributed by atoms with E-state index in [2.05, 4.69) is 22.2 Å². The summed E-state index contributed by atoms with van der Waals surface area (Å²) in [5.41, 5.74) is 16.0. The van der Waals surface area contributed by atoms with E-state index in [-0.39, 0.29) is 18.0 Å². The summed E-state index contributed by atoms with van der Waals surface area (Å²) in [6.07, 6.45) is 16.0. The van der Waals surface area contributed by atoms with E-state index in [1.54, 1.807) is 0 Å². The largest absolute Gasteiger partial charge is 0.465 e. The first-order chi connectivity index (χ1) is 16.5. The number of nitrogens with two attached hydrogens (primary N) is 3. The van der Waals surface area contributed by atoms with Crippen molar-refractivity contribution in [1.82, 2.24) is 5.32 Å². The van der Waals surface area contributed by atoms with Crippen molar-refractivity contribution in [2.75, 3.05) is 19.8 Å². The van der Waals surface area contributed by atoms with Gasteiger partial charge in [-0.05, 0) is 32.1 Å². The summed E-state index contributed by atoms with van der Waals surface area (Å²) >= 11 is 0. The molecule has 1 unspecified atom stereocenters. The van der Waals surface area contributed by atoms with Crippen molar-refractivity contribution in [3.05, 3.63) is 0 Å². The summed E-state index contributed by atoms with van der Waals surface area (Å²) in [5.74, 6) is -0.155. The van der Waals surface area contributed by atoms with Crippen LogP contribution in [0.1, 0.15) is 103 Å². The first-order valence-corrected chi connectivity index (χ1v) is 13.5. The fourth-order valence-electron chi connectivity index (χ4n) is 5.00. The fourth-order valence-corrected chi connectivity index (χ4v) is 5.00. The minimum absolute atomic E-state index is 0.143. The topological polar surface area (TPSA) is 150 Å². The number of esters is 1. The van der Waals surface area contributed by atoms with Gasteiger partial charge in [0, 0.05) is 13.2 Å². The quantitative estimate of drug-likeness (QED) is 0.108. The minimum atomic E-state index is -0.778. The molecule has 7 N–H and O–H groups in total. The molecule has 1 spiro atoms. The fraction of sp³-hybridized carbons (Fsp3) is 0.880. The molecule has 0 saturated carbocycles. The zero-order valence-corrected chi connectivity index (χ0v) is 21.2. The smallest absolute Gasteiger partial charge is 0.316 e. The highest BCUT2D eigenvalue weighted by atomic mass is 16.5. The van der Waals surface area contributed by atoms with Crippen molar-refractivity contribution < 1.29 is 14.3 Å². The van der Waals surface area contributed by atoms with E-state index >= 15 is 0 Å². The molecule has 0 aliphatic carbocycles. The Kier molecular flexibility index (Phi) is 13.1. The van der Waals surface area contributed by atoms with Gasteiger partial charge in [0.05, 0.1) is 12.6 Å². The standard InChI is InChI=1S/C25H48N6O3/c1-2-3-4-5-6-8-11-15-20-21(25(16-14-19-34-25)31-24(28)30-20)22(32)33-18-13-10-7-9-12-17-29-23(26)27/h20-21H,2-19H2,1H3,(H4,26,27,29)(H3,28,30,31)/t20-,21-,25?/m0/s1. The number of ether oxygens (including phenoxy) is 2. The number of hydrogen-bond acceptors (Lipinski definition) is 7. The summed E-state index contributed by atoms with van der Waals surface area (Å²) in [4.78, 5) is 21.8. The lowest BCUT2D eigenvalue weighted by Crippen LogP contribution is -2.64. The molecule has 34 heavy (non-hydrogen) atoms. The van der Waals surface area contributed by atoms with E-state index in [0.29, 0.717) is 25.7 Å². The van der Waals surface area contributed by atoms with Gasteiger partial charge in [-0.3, -0.25) is 9.79 Å². The molecule has 1 fully saturated rings. The lowest BCUT2D eigenvalue weighted by Gasteiger charge is -2.42. The molecule has 3 atom stereocenters. The van der Waals surface area contributed by atoms with Crippen LogP contribution in [0.15, 0.2) is 9.98 Å². The predicted octanol–water partition coefficient (Wildman–Crippen LogP) is 3.30. The highest BCUT2D eigenvalue weighted by molar-refractivity contribution is 5.84. The van der Waals surface area contributed by atoms with Gasteiger partial charge in [0.25, 0.3) is 0 Å². The van der Waals surface area contributed by atoms with Crippen LogP contribution in [0, 0.1) is 5.92 Å². The van der Waals surface area contributed by atoms with Gasteiger partial charge in [0.15, 0.2) is 17.6 Å². The Morgan fingerprint density at radius 3 is 2.44 bits per heavy atom. The van der Waals surface area contributed by atoms with Crippen molar-refractivity contribution >= 4 is 17.9 Å². The number of rotatable bonds is 17.